The molecular formula is C9H8AcNO2-. The summed E-state index contributed by atoms with van der Waals surface area (Å²) in [5, 5.41) is 8.39. The van der Waals surface area contributed by atoms with Gasteiger partial charge in [-0.05, 0) is 5.56 Å². The van der Waals surface area contributed by atoms with Crippen molar-refractivity contribution in [2.45, 2.75) is 0 Å². The maximum atomic E-state index is 10.2. The van der Waals surface area contributed by atoms with Crippen LogP contribution in [-0.2, 0) is 4.79 Å². The summed E-state index contributed by atoms with van der Waals surface area (Å²) in [6, 6.07) is 8.92. The van der Waals surface area contributed by atoms with Gasteiger partial charge in [-0.1, -0.05) is 42.1 Å². The number of hydrogen-bond acceptors (Lipinski definition) is 1. The molecule has 1 aromatic rings. The molecule has 2 N–H and O–H groups in total. The molecule has 13 heavy (non-hydrogen) atoms. The second kappa shape index (κ2) is 6.17. The molecule has 1 radical (unpaired) electrons. The summed E-state index contributed by atoms with van der Waals surface area (Å²) in [4.78, 5) is 10.2. The number of rotatable bonds is 2. The Hall–Kier alpha value is -0.328. The van der Waals surface area contributed by atoms with Gasteiger partial charge >= 0.3 is 5.97 Å². The van der Waals surface area contributed by atoms with Crippen LogP contribution in [0.4, 0.5) is 0 Å². The molecule has 0 bridgehead atoms. The van der Waals surface area contributed by atoms with Crippen molar-refractivity contribution in [1.29, 1.82) is 0 Å². The van der Waals surface area contributed by atoms with Crippen molar-refractivity contribution in [2.24, 2.45) is 0 Å². The third-order valence-electron chi connectivity index (χ3n) is 1.34. The minimum Gasteiger partial charge on any atom is -0.693 e. The number of carboxylic acids is 1. The molecule has 1 rings (SSSR count). The first-order valence-electron chi connectivity index (χ1n) is 3.42. The van der Waals surface area contributed by atoms with Gasteiger partial charge in [-0.15, -0.1) is 0 Å². The van der Waals surface area contributed by atoms with Crippen molar-refractivity contribution < 1.29 is 54.0 Å². The largest absolute Gasteiger partial charge is 0.693 e. The van der Waals surface area contributed by atoms with Gasteiger partial charge in [0.25, 0.3) is 0 Å². The van der Waals surface area contributed by atoms with E-state index in [2.05, 4.69) is 0 Å². The Bertz CT molecular complexity index is 309. The molecule has 0 saturated carbocycles. The fourth-order valence-corrected chi connectivity index (χ4v) is 0.778. The fourth-order valence-electron chi connectivity index (χ4n) is 0.778. The summed E-state index contributed by atoms with van der Waals surface area (Å²) in [5.74, 6) is -1.21. The van der Waals surface area contributed by atoms with Crippen molar-refractivity contribution in [3.05, 3.63) is 47.3 Å². The maximum Gasteiger partial charge on any atom is 0.312 e. The van der Waals surface area contributed by atoms with Gasteiger partial charge in [0, 0.05) is 44.1 Å². The molecule has 0 unspecified atom stereocenters. The van der Waals surface area contributed by atoms with Gasteiger partial charge in [-0.3, -0.25) is 0 Å². The number of benzene rings is 1. The van der Waals surface area contributed by atoms with E-state index in [4.69, 9.17) is 10.8 Å². The first-order chi connectivity index (χ1) is 5.70. The Labute approximate surface area is 112 Å². The molecule has 0 fully saturated rings. The minimum atomic E-state index is -1.21. The topological polar surface area (TPSA) is 61.1 Å². The molecule has 0 saturated heterocycles. The zero-order valence-corrected chi connectivity index (χ0v) is 11.6. The van der Waals surface area contributed by atoms with E-state index in [0.29, 0.717) is 0 Å². The molecule has 0 heterocycles. The molecule has 0 aliphatic heterocycles. The van der Waals surface area contributed by atoms with Crippen LogP contribution in [0.1, 0.15) is 5.56 Å². The van der Waals surface area contributed by atoms with E-state index >= 15 is 0 Å². The van der Waals surface area contributed by atoms with Crippen LogP contribution in [0.25, 0.3) is 11.8 Å². The molecule has 3 nitrogen and oxygen atoms in total. The molecule has 1 aromatic carbocycles. The summed E-state index contributed by atoms with van der Waals surface area (Å²) in [6.45, 7) is 0. The maximum absolute atomic E-state index is 10.2. The van der Waals surface area contributed by atoms with Crippen molar-refractivity contribution in [3.63, 3.8) is 0 Å². The molecule has 4 heteroatoms. The SMILES string of the molecule is [Ac].[NH-]/C(=C\c1ccccc1)C(=O)O. The van der Waals surface area contributed by atoms with Crippen molar-refractivity contribution in [2.75, 3.05) is 0 Å². The molecule has 0 atom stereocenters. The Morgan fingerprint density at radius 2 is 1.85 bits per heavy atom. The van der Waals surface area contributed by atoms with E-state index in [-0.39, 0.29) is 44.1 Å². The monoisotopic (exact) mass is 389 g/mol. The van der Waals surface area contributed by atoms with Gasteiger partial charge in [0.1, 0.15) is 0 Å². The van der Waals surface area contributed by atoms with Crippen LogP contribution >= 0.6 is 0 Å². The standard InChI is InChI=1S/C9H8NO2.Ac/c10-8(9(11)12)6-7-4-2-1-3-5-7;/h1-6,10H,(H,11,12);/q-1;/b8-6-;. The van der Waals surface area contributed by atoms with E-state index < -0.39 is 11.7 Å². The van der Waals surface area contributed by atoms with Crippen molar-refractivity contribution >= 4 is 12.0 Å². The van der Waals surface area contributed by atoms with Gasteiger partial charge in [-0.2, -0.15) is 0 Å². The predicted octanol–water partition coefficient (Wildman–Crippen LogP) is 2.16. The number of carboxylic acid groups (broad SMARTS) is 1. The van der Waals surface area contributed by atoms with E-state index in [1.54, 1.807) is 24.3 Å². The fraction of sp³-hybridized carbons (Fsp3) is 0. The average molecular weight is 389 g/mol. The molecular weight excluding hydrogens is 381 g/mol. The quantitative estimate of drug-likeness (QED) is 0.789. The first-order valence-corrected chi connectivity index (χ1v) is 3.42. The summed E-state index contributed by atoms with van der Waals surface area (Å²) in [6.07, 6.45) is 1.31. The Kier molecular flexibility index (Phi) is 6.02. The average Bonchev–Trinajstić information content (AvgIpc) is 2.06. The van der Waals surface area contributed by atoms with Gasteiger partial charge in [0.15, 0.2) is 0 Å². The number of nitrogens with one attached hydrogen (secondary N) is 1. The minimum absolute atomic E-state index is 0. The molecule has 0 aliphatic rings. The Morgan fingerprint density at radius 1 is 1.31 bits per heavy atom. The number of carbonyl (C=O) groups is 1. The number of hydrogen-bond donors (Lipinski definition) is 1. The summed E-state index contributed by atoms with van der Waals surface area (Å²) in [7, 11) is 0. The van der Waals surface area contributed by atoms with Crippen LogP contribution in [0.2, 0.25) is 0 Å². The van der Waals surface area contributed by atoms with E-state index in [9.17, 15) is 4.79 Å². The van der Waals surface area contributed by atoms with Crippen LogP contribution in [-0.4, -0.2) is 11.1 Å². The smallest absolute Gasteiger partial charge is 0.312 e. The van der Waals surface area contributed by atoms with Crippen LogP contribution in [0.5, 0.6) is 0 Å². The van der Waals surface area contributed by atoms with E-state index in [1.165, 1.54) is 6.08 Å². The van der Waals surface area contributed by atoms with Crippen LogP contribution in [0.3, 0.4) is 0 Å². The number of aliphatic carboxylic acids is 1. The summed E-state index contributed by atoms with van der Waals surface area (Å²) < 4.78 is 0. The van der Waals surface area contributed by atoms with Crippen LogP contribution in [0.15, 0.2) is 36.0 Å². The van der Waals surface area contributed by atoms with E-state index in [0.717, 1.165) is 5.56 Å². The molecule has 0 amide bonds. The van der Waals surface area contributed by atoms with Gasteiger partial charge in [0.2, 0.25) is 0 Å². The third-order valence-corrected chi connectivity index (χ3v) is 1.34. The van der Waals surface area contributed by atoms with Crippen molar-refractivity contribution in [1.82, 2.24) is 0 Å². The van der Waals surface area contributed by atoms with Crippen LogP contribution in [0, 0.1) is 44.1 Å². The summed E-state index contributed by atoms with van der Waals surface area (Å²) >= 11 is 0. The van der Waals surface area contributed by atoms with Gasteiger partial charge in [-0.25, -0.2) is 4.79 Å². The third kappa shape index (κ3) is 4.45. The van der Waals surface area contributed by atoms with Gasteiger partial charge < -0.3 is 10.8 Å². The van der Waals surface area contributed by atoms with E-state index in [1.807, 2.05) is 6.07 Å². The zero-order chi connectivity index (χ0) is 8.97. The van der Waals surface area contributed by atoms with Crippen molar-refractivity contribution in [3.8, 4) is 0 Å². The first kappa shape index (κ1) is 12.7. The Balaban J connectivity index is 0.00000144. The molecule has 0 spiro atoms. The molecule has 0 aliphatic carbocycles. The van der Waals surface area contributed by atoms with Crippen LogP contribution < -0.4 is 0 Å². The second-order valence-electron chi connectivity index (χ2n) is 2.27. The van der Waals surface area contributed by atoms with Gasteiger partial charge in [0.05, 0.1) is 0 Å². The second-order valence-corrected chi connectivity index (χ2v) is 2.27. The Morgan fingerprint density at radius 3 is 2.31 bits per heavy atom. The predicted molar refractivity (Wildman–Crippen MR) is 46.4 cm³/mol. The normalized spacial score (nSPS) is 10.3. The zero-order valence-electron chi connectivity index (χ0n) is 6.90. The summed E-state index contributed by atoms with van der Waals surface area (Å²) in [5.41, 5.74) is 7.35. The molecule has 65 valence electrons. The molecule has 0 aromatic heterocycles.